The second-order valence-corrected chi connectivity index (χ2v) is 7.55. The molecular formula is C19H22ClN3O3S. The first-order valence-electron chi connectivity index (χ1n) is 8.80. The minimum absolute atomic E-state index is 0.0363. The summed E-state index contributed by atoms with van der Waals surface area (Å²) in [6, 6.07) is 11.3. The summed E-state index contributed by atoms with van der Waals surface area (Å²) in [5.74, 6) is -1.31. The van der Waals surface area contributed by atoms with Crippen molar-refractivity contribution in [2.24, 2.45) is 0 Å². The highest BCUT2D eigenvalue weighted by atomic mass is 35.5. The van der Waals surface area contributed by atoms with Crippen molar-refractivity contribution in [2.75, 3.05) is 32.8 Å². The number of morpholine rings is 1. The monoisotopic (exact) mass is 407 g/mol. The van der Waals surface area contributed by atoms with Gasteiger partial charge < -0.3 is 15.4 Å². The number of amides is 2. The van der Waals surface area contributed by atoms with Gasteiger partial charge in [-0.05, 0) is 23.1 Å². The molecule has 2 amide bonds. The Labute approximate surface area is 167 Å². The lowest BCUT2D eigenvalue weighted by Crippen LogP contribution is -2.46. The van der Waals surface area contributed by atoms with Gasteiger partial charge in [0, 0.05) is 36.1 Å². The maximum Gasteiger partial charge on any atom is 0.309 e. The molecule has 2 aromatic rings. The maximum atomic E-state index is 12.2. The van der Waals surface area contributed by atoms with E-state index in [9.17, 15) is 9.59 Å². The lowest BCUT2D eigenvalue weighted by atomic mass is 10.2. The highest BCUT2D eigenvalue weighted by molar-refractivity contribution is 7.10. The van der Waals surface area contributed by atoms with Gasteiger partial charge in [0.05, 0.1) is 19.3 Å². The molecule has 3 rings (SSSR count). The van der Waals surface area contributed by atoms with E-state index in [0.29, 0.717) is 24.8 Å². The molecule has 1 atom stereocenters. The quantitative estimate of drug-likeness (QED) is 0.720. The van der Waals surface area contributed by atoms with Crippen LogP contribution in [-0.4, -0.2) is 49.6 Å². The Hall–Kier alpha value is -1.93. The molecule has 27 heavy (non-hydrogen) atoms. The fraction of sp³-hybridized carbons (Fsp3) is 0.368. The molecule has 1 fully saturated rings. The van der Waals surface area contributed by atoms with Gasteiger partial charge in [0.2, 0.25) is 0 Å². The van der Waals surface area contributed by atoms with E-state index in [4.69, 9.17) is 16.3 Å². The molecule has 1 aliphatic heterocycles. The summed E-state index contributed by atoms with van der Waals surface area (Å²) in [6.07, 6.45) is 0. The number of benzene rings is 1. The first-order chi connectivity index (χ1) is 13.1. The first-order valence-corrected chi connectivity index (χ1v) is 10.1. The highest BCUT2D eigenvalue weighted by Crippen LogP contribution is 2.25. The molecule has 0 bridgehead atoms. The molecule has 1 aliphatic rings. The Morgan fingerprint density at radius 2 is 1.85 bits per heavy atom. The normalized spacial score (nSPS) is 15.9. The van der Waals surface area contributed by atoms with Gasteiger partial charge in [-0.15, -0.1) is 11.3 Å². The number of thiophene rings is 1. The molecule has 144 valence electrons. The molecule has 8 heteroatoms. The van der Waals surface area contributed by atoms with Crippen LogP contribution < -0.4 is 10.6 Å². The molecule has 0 spiro atoms. The van der Waals surface area contributed by atoms with Crippen LogP contribution >= 0.6 is 22.9 Å². The molecule has 0 radical (unpaired) electrons. The number of carbonyl (C=O) groups excluding carboxylic acids is 2. The fourth-order valence-corrected chi connectivity index (χ4v) is 4.01. The van der Waals surface area contributed by atoms with E-state index in [-0.39, 0.29) is 12.6 Å². The topological polar surface area (TPSA) is 70.7 Å². The van der Waals surface area contributed by atoms with Crippen molar-refractivity contribution in [3.8, 4) is 0 Å². The number of rotatable bonds is 6. The highest BCUT2D eigenvalue weighted by Gasteiger charge is 2.25. The third-order valence-electron chi connectivity index (χ3n) is 4.42. The van der Waals surface area contributed by atoms with Crippen LogP contribution in [0.3, 0.4) is 0 Å². The summed E-state index contributed by atoms with van der Waals surface area (Å²) in [5.41, 5.74) is 0.769. The van der Waals surface area contributed by atoms with Crippen LogP contribution in [0, 0.1) is 0 Å². The molecule has 0 unspecified atom stereocenters. The van der Waals surface area contributed by atoms with E-state index in [1.807, 2.05) is 29.6 Å². The van der Waals surface area contributed by atoms with Crippen molar-refractivity contribution in [1.29, 1.82) is 0 Å². The molecule has 6 nitrogen and oxygen atoms in total. The van der Waals surface area contributed by atoms with Gasteiger partial charge in [-0.2, -0.15) is 0 Å². The molecule has 1 saturated heterocycles. The van der Waals surface area contributed by atoms with E-state index in [2.05, 4.69) is 21.6 Å². The van der Waals surface area contributed by atoms with Crippen LogP contribution in [0.25, 0.3) is 0 Å². The zero-order valence-corrected chi connectivity index (χ0v) is 16.4. The predicted molar refractivity (Wildman–Crippen MR) is 106 cm³/mol. The van der Waals surface area contributed by atoms with E-state index in [0.717, 1.165) is 23.5 Å². The molecule has 1 aromatic carbocycles. The van der Waals surface area contributed by atoms with Gasteiger partial charge >= 0.3 is 11.8 Å². The van der Waals surface area contributed by atoms with Crippen LogP contribution in [-0.2, 0) is 20.9 Å². The Morgan fingerprint density at radius 1 is 1.11 bits per heavy atom. The third kappa shape index (κ3) is 5.52. The number of nitrogens with zero attached hydrogens (tertiary/aromatic N) is 1. The number of nitrogens with one attached hydrogen (secondary N) is 2. The van der Waals surface area contributed by atoms with Crippen LogP contribution in [0.5, 0.6) is 0 Å². The summed E-state index contributed by atoms with van der Waals surface area (Å²) in [5, 5.41) is 7.94. The maximum absolute atomic E-state index is 12.2. The molecule has 2 N–H and O–H groups in total. The number of hydrogen-bond acceptors (Lipinski definition) is 5. The number of carbonyl (C=O) groups is 2. The van der Waals surface area contributed by atoms with Gasteiger partial charge in [0.1, 0.15) is 0 Å². The van der Waals surface area contributed by atoms with Crippen LogP contribution in [0.15, 0.2) is 41.8 Å². The zero-order valence-electron chi connectivity index (χ0n) is 14.8. The lowest BCUT2D eigenvalue weighted by molar-refractivity contribution is -0.139. The first kappa shape index (κ1) is 19.8. The molecule has 2 heterocycles. The standard InChI is InChI=1S/C19H22ClN3O3S/c20-15-5-2-1-4-14(15)12-21-18(24)19(25)22-13-16(17-6-3-11-27-17)23-7-9-26-10-8-23/h1-6,11,16H,7-10,12-13H2,(H,21,24)(H,22,25)/t16-/m0/s1. The van der Waals surface area contributed by atoms with Crippen LogP contribution in [0.1, 0.15) is 16.5 Å². The zero-order chi connectivity index (χ0) is 19.1. The summed E-state index contributed by atoms with van der Waals surface area (Å²) in [6.45, 7) is 3.54. The van der Waals surface area contributed by atoms with Gasteiger partial charge in [0.25, 0.3) is 0 Å². The minimum atomic E-state index is -0.665. The Balaban J connectivity index is 1.53. The van der Waals surface area contributed by atoms with Crippen molar-refractivity contribution in [1.82, 2.24) is 15.5 Å². The van der Waals surface area contributed by atoms with E-state index in [1.54, 1.807) is 17.4 Å². The number of ether oxygens (including phenoxy) is 1. The SMILES string of the molecule is O=C(NCc1ccccc1Cl)C(=O)NC[C@@H](c1cccs1)N1CCOCC1. The molecule has 1 aromatic heterocycles. The average molecular weight is 408 g/mol. The van der Waals surface area contributed by atoms with Gasteiger partial charge in [-0.1, -0.05) is 35.9 Å². The van der Waals surface area contributed by atoms with Crippen molar-refractivity contribution in [3.63, 3.8) is 0 Å². The minimum Gasteiger partial charge on any atom is -0.379 e. The Morgan fingerprint density at radius 3 is 2.56 bits per heavy atom. The van der Waals surface area contributed by atoms with Crippen molar-refractivity contribution in [3.05, 3.63) is 57.2 Å². The van der Waals surface area contributed by atoms with E-state index < -0.39 is 11.8 Å². The van der Waals surface area contributed by atoms with Gasteiger partial charge in [-0.25, -0.2) is 0 Å². The largest absolute Gasteiger partial charge is 0.379 e. The molecule has 0 aliphatic carbocycles. The molecular weight excluding hydrogens is 386 g/mol. The Kier molecular flexibility index (Phi) is 7.23. The Bertz CT molecular complexity index is 763. The summed E-state index contributed by atoms with van der Waals surface area (Å²) in [7, 11) is 0. The third-order valence-corrected chi connectivity index (χ3v) is 5.76. The summed E-state index contributed by atoms with van der Waals surface area (Å²) >= 11 is 7.71. The van der Waals surface area contributed by atoms with Gasteiger partial charge in [0.15, 0.2) is 0 Å². The second-order valence-electron chi connectivity index (χ2n) is 6.16. The van der Waals surface area contributed by atoms with Gasteiger partial charge in [-0.3, -0.25) is 14.5 Å². The van der Waals surface area contributed by atoms with E-state index >= 15 is 0 Å². The van der Waals surface area contributed by atoms with Crippen molar-refractivity contribution in [2.45, 2.75) is 12.6 Å². The van der Waals surface area contributed by atoms with Crippen molar-refractivity contribution < 1.29 is 14.3 Å². The smallest absolute Gasteiger partial charge is 0.309 e. The van der Waals surface area contributed by atoms with E-state index in [1.165, 1.54) is 0 Å². The predicted octanol–water partition coefficient (Wildman–Crippen LogP) is 2.21. The van der Waals surface area contributed by atoms with Crippen LogP contribution in [0.4, 0.5) is 0 Å². The van der Waals surface area contributed by atoms with Crippen molar-refractivity contribution >= 4 is 34.8 Å². The number of hydrogen-bond donors (Lipinski definition) is 2. The fourth-order valence-electron chi connectivity index (χ4n) is 2.95. The van der Waals surface area contributed by atoms with Crippen LogP contribution in [0.2, 0.25) is 5.02 Å². The lowest BCUT2D eigenvalue weighted by Gasteiger charge is -2.34. The average Bonchev–Trinajstić information content (AvgIpc) is 3.22. The molecule has 0 saturated carbocycles. The number of halogens is 1. The second kappa shape index (κ2) is 9.85. The summed E-state index contributed by atoms with van der Waals surface area (Å²) < 4.78 is 5.41. The summed E-state index contributed by atoms with van der Waals surface area (Å²) in [4.78, 5) is 27.8.